The molecule has 0 amide bonds. The molecule has 2 nitrogen and oxygen atoms in total. The van der Waals surface area contributed by atoms with Crippen LogP contribution in [0.15, 0.2) is 0 Å². The highest BCUT2D eigenvalue weighted by Gasteiger charge is 2.07. The first-order chi connectivity index (χ1) is 5.70. The van der Waals surface area contributed by atoms with Gasteiger partial charge in [0.15, 0.2) is 0 Å². The lowest BCUT2D eigenvalue weighted by Crippen LogP contribution is -2.10. The van der Waals surface area contributed by atoms with Crippen LogP contribution >= 0.6 is 31.9 Å². The fourth-order valence-electron chi connectivity index (χ4n) is 0.790. The Kier molecular flexibility index (Phi) is 9.10. The van der Waals surface area contributed by atoms with Gasteiger partial charge in [-0.15, -0.1) is 0 Å². The molecule has 0 aliphatic carbocycles. The first-order valence-electron chi connectivity index (χ1n) is 4.22. The number of hydrogen-bond donors (Lipinski definition) is 0. The zero-order valence-corrected chi connectivity index (χ0v) is 10.7. The van der Waals surface area contributed by atoms with E-state index in [0.29, 0.717) is 0 Å². The van der Waals surface area contributed by atoms with Gasteiger partial charge in [0.1, 0.15) is 10.0 Å². The summed E-state index contributed by atoms with van der Waals surface area (Å²) in [6, 6.07) is 0. The Hall–Kier alpha value is 0.880. The van der Waals surface area contributed by atoms with E-state index in [1.54, 1.807) is 0 Å². The summed E-state index contributed by atoms with van der Waals surface area (Å²) in [6.07, 6.45) is 1.92. The quantitative estimate of drug-likeness (QED) is 0.672. The minimum Gasteiger partial charge on any atom is -0.367 e. The minimum atomic E-state index is 0.156. The van der Waals surface area contributed by atoms with E-state index in [2.05, 4.69) is 31.9 Å². The van der Waals surface area contributed by atoms with Crippen molar-refractivity contribution in [2.75, 3.05) is 13.2 Å². The van der Waals surface area contributed by atoms with E-state index in [0.717, 1.165) is 26.1 Å². The Bertz CT molecular complexity index is 89.1. The van der Waals surface area contributed by atoms with E-state index < -0.39 is 0 Å². The Morgan fingerprint density at radius 1 is 0.917 bits per heavy atom. The Morgan fingerprint density at radius 2 is 1.25 bits per heavy atom. The zero-order chi connectivity index (χ0) is 9.40. The smallest absolute Gasteiger partial charge is 0.112 e. The molecule has 0 spiro atoms. The number of rotatable bonds is 7. The number of ether oxygens (including phenoxy) is 2. The monoisotopic (exact) mass is 302 g/mol. The van der Waals surface area contributed by atoms with E-state index in [4.69, 9.17) is 9.47 Å². The fourth-order valence-corrected chi connectivity index (χ4v) is 1.85. The van der Waals surface area contributed by atoms with Crippen LogP contribution in [-0.2, 0) is 9.47 Å². The summed E-state index contributed by atoms with van der Waals surface area (Å²) in [6.45, 7) is 5.47. The highest BCUT2D eigenvalue weighted by atomic mass is 79.9. The molecule has 0 saturated heterocycles. The maximum atomic E-state index is 5.31. The molecule has 0 aliphatic rings. The van der Waals surface area contributed by atoms with Gasteiger partial charge in [-0.3, -0.25) is 0 Å². The highest BCUT2D eigenvalue weighted by Crippen LogP contribution is 2.16. The molecule has 0 saturated carbocycles. The molecule has 4 heteroatoms. The molecule has 0 aromatic rings. The van der Waals surface area contributed by atoms with Crippen LogP contribution in [0.1, 0.15) is 26.7 Å². The van der Waals surface area contributed by atoms with Gasteiger partial charge in [-0.1, -0.05) is 31.9 Å². The summed E-state index contributed by atoms with van der Waals surface area (Å²) in [7, 11) is 0. The second kappa shape index (κ2) is 8.48. The number of halogens is 2. The van der Waals surface area contributed by atoms with Crippen molar-refractivity contribution in [2.45, 2.75) is 36.7 Å². The van der Waals surface area contributed by atoms with Crippen LogP contribution in [0, 0.1) is 0 Å². The first-order valence-corrected chi connectivity index (χ1v) is 6.05. The molecule has 0 aromatic carbocycles. The van der Waals surface area contributed by atoms with Crippen molar-refractivity contribution in [3.05, 3.63) is 0 Å². The highest BCUT2D eigenvalue weighted by molar-refractivity contribution is 9.09. The van der Waals surface area contributed by atoms with Gasteiger partial charge >= 0.3 is 0 Å². The average Bonchev–Trinajstić information content (AvgIpc) is 2.02. The van der Waals surface area contributed by atoms with Crippen molar-refractivity contribution in [2.24, 2.45) is 0 Å². The molecule has 0 fully saturated rings. The van der Waals surface area contributed by atoms with Crippen LogP contribution in [0.25, 0.3) is 0 Å². The van der Waals surface area contributed by atoms with Gasteiger partial charge in [-0.05, 0) is 26.7 Å². The third-order valence-corrected chi connectivity index (χ3v) is 2.76. The van der Waals surface area contributed by atoms with E-state index >= 15 is 0 Å². The molecule has 0 bridgehead atoms. The van der Waals surface area contributed by atoms with Crippen molar-refractivity contribution in [3.63, 3.8) is 0 Å². The van der Waals surface area contributed by atoms with E-state index in [1.165, 1.54) is 0 Å². The average molecular weight is 304 g/mol. The van der Waals surface area contributed by atoms with Crippen LogP contribution in [0.4, 0.5) is 0 Å². The van der Waals surface area contributed by atoms with Gasteiger partial charge in [0, 0.05) is 13.2 Å². The molecule has 2 atom stereocenters. The number of alkyl halides is 2. The first kappa shape index (κ1) is 12.9. The molecule has 12 heavy (non-hydrogen) atoms. The van der Waals surface area contributed by atoms with Crippen LogP contribution in [0.5, 0.6) is 0 Å². The minimum absolute atomic E-state index is 0.156. The standard InChI is InChI=1S/C8H16Br2O2/c1-3-11-7(9)5-6-8(10)12-4-2/h7-8H,3-6H2,1-2H3. The van der Waals surface area contributed by atoms with Gasteiger partial charge < -0.3 is 9.47 Å². The maximum Gasteiger partial charge on any atom is 0.112 e. The zero-order valence-electron chi connectivity index (χ0n) is 7.56. The molecule has 0 heterocycles. The fraction of sp³-hybridized carbons (Fsp3) is 1.00. The van der Waals surface area contributed by atoms with Gasteiger partial charge in [0.05, 0.1) is 0 Å². The topological polar surface area (TPSA) is 18.5 Å². The molecule has 0 aromatic heterocycles. The molecule has 0 rings (SSSR count). The predicted molar refractivity (Wildman–Crippen MR) is 57.9 cm³/mol. The maximum absolute atomic E-state index is 5.31. The van der Waals surface area contributed by atoms with Crippen LogP contribution < -0.4 is 0 Å². The molecule has 74 valence electrons. The van der Waals surface area contributed by atoms with Crippen molar-refractivity contribution >= 4 is 31.9 Å². The summed E-state index contributed by atoms with van der Waals surface area (Å²) < 4.78 is 10.6. The Balaban J connectivity index is 3.27. The van der Waals surface area contributed by atoms with Gasteiger partial charge in [0.25, 0.3) is 0 Å². The van der Waals surface area contributed by atoms with Crippen molar-refractivity contribution < 1.29 is 9.47 Å². The summed E-state index contributed by atoms with van der Waals surface area (Å²) in [5.41, 5.74) is 0. The molecule has 2 unspecified atom stereocenters. The SMILES string of the molecule is CCOC(Br)CCC(Br)OCC. The molecule has 0 radical (unpaired) electrons. The molecule has 0 aliphatic heterocycles. The number of hydrogen-bond acceptors (Lipinski definition) is 2. The van der Waals surface area contributed by atoms with Gasteiger partial charge in [-0.25, -0.2) is 0 Å². The lowest BCUT2D eigenvalue weighted by atomic mass is 10.3. The van der Waals surface area contributed by atoms with Crippen molar-refractivity contribution in [3.8, 4) is 0 Å². The summed E-state index contributed by atoms with van der Waals surface area (Å²) in [5.74, 6) is 0. The predicted octanol–water partition coefficient (Wildman–Crippen LogP) is 3.28. The summed E-state index contributed by atoms with van der Waals surface area (Å²) in [4.78, 5) is 0. The third kappa shape index (κ3) is 7.53. The largest absolute Gasteiger partial charge is 0.367 e. The Morgan fingerprint density at radius 3 is 1.50 bits per heavy atom. The normalized spacial score (nSPS) is 16.0. The second-order valence-electron chi connectivity index (χ2n) is 2.31. The van der Waals surface area contributed by atoms with Crippen molar-refractivity contribution in [1.82, 2.24) is 0 Å². The van der Waals surface area contributed by atoms with E-state index in [-0.39, 0.29) is 10.0 Å². The second-order valence-corrected chi connectivity index (χ2v) is 4.35. The van der Waals surface area contributed by atoms with E-state index in [1.807, 2.05) is 13.8 Å². The van der Waals surface area contributed by atoms with Crippen LogP contribution in [0.2, 0.25) is 0 Å². The lowest BCUT2D eigenvalue weighted by Gasteiger charge is -2.13. The summed E-state index contributed by atoms with van der Waals surface area (Å²) in [5, 5.41) is 0.311. The third-order valence-electron chi connectivity index (χ3n) is 1.32. The lowest BCUT2D eigenvalue weighted by molar-refractivity contribution is 0.0912. The molecule has 0 N–H and O–H groups in total. The van der Waals surface area contributed by atoms with Crippen LogP contribution in [-0.4, -0.2) is 23.2 Å². The van der Waals surface area contributed by atoms with E-state index in [9.17, 15) is 0 Å². The van der Waals surface area contributed by atoms with Crippen LogP contribution in [0.3, 0.4) is 0 Å². The van der Waals surface area contributed by atoms with Crippen molar-refractivity contribution in [1.29, 1.82) is 0 Å². The molecular weight excluding hydrogens is 288 g/mol. The van der Waals surface area contributed by atoms with Gasteiger partial charge in [-0.2, -0.15) is 0 Å². The Labute approximate surface area is 91.3 Å². The summed E-state index contributed by atoms with van der Waals surface area (Å²) >= 11 is 6.84. The molecular formula is C8H16Br2O2. The van der Waals surface area contributed by atoms with Gasteiger partial charge in [0.2, 0.25) is 0 Å².